The summed E-state index contributed by atoms with van der Waals surface area (Å²) in [6.07, 6.45) is 4.07. The van der Waals surface area contributed by atoms with E-state index in [-0.39, 0.29) is 5.97 Å². The Kier molecular flexibility index (Phi) is 4.58. The molecular formula is C24H18O3. The predicted molar refractivity (Wildman–Crippen MR) is 108 cm³/mol. The molecule has 0 bridgehead atoms. The highest BCUT2D eigenvalue weighted by molar-refractivity contribution is 5.90. The summed E-state index contributed by atoms with van der Waals surface area (Å²) < 4.78 is 10.7. The first-order valence-corrected chi connectivity index (χ1v) is 8.69. The van der Waals surface area contributed by atoms with Crippen LogP contribution in [0, 0.1) is 0 Å². The molecule has 0 aliphatic rings. The molecule has 1 aromatic heterocycles. The Labute approximate surface area is 157 Å². The van der Waals surface area contributed by atoms with Crippen molar-refractivity contribution in [3.63, 3.8) is 0 Å². The van der Waals surface area contributed by atoms with Gasteiger partial charge in [0, 0.05) is 10.9 Å². The number of carbonyl (C=O) groups excluding carboxylic acids is 1. The van der Waals surface area contributed by atoms with Crippen LogP contribution in [0.15, 0.2) is 83.3 Å². The maximum absolute atomic E-state index is 11.5. The maximum Gasteiger partial charge on any atom is 0.337 e. The Bertz CT molecular complexity index is 1080. The van der Waals surface area contributed by atoms with Gasteiger partial charge in [0.05, 0.1) is 12.7 Å². The van der Waals surface area contributed by atoms with Crippen LogP contribution in [0.3, 0.4) is 0 Å². The Balaban J connectivity index is 1.65. The second kappa shape index (κ2) is 7.34. The number of hydrogen-bond donors (Lipinski definition) is 0. The molecule has 0 saturated heterocycles. The van der Waals surface area contributed by atoms with Crippen molar-refractivity contribution >= 4 is 29.1 Å². The smallest absolute Gasteiger partial charge is 0.337 e. The highest BCUT2D eigenvalue weighted by Crippen LogP contribution is 2.31. The fourth-order valence-corrected chi connectivity index (χ4v) is 3.02. The van der Waals surface area contributed by atoms with Crippen molar-refractivity contribution in [3.05, 3.63) is 95.6 Å². The van der Waals surface area contributed by atoms with E-state index in [0.29, 0.717) is 5.56 Å². The SMILES string of the molecule is COC(=O)c1ccc(C=Cc2ccccc2-c2cc3ccccc3o2)cc1. The highest BCUT2D eigenvalue weighted by atomic mass is 16.5. The third-order valence-corrected chi connectivity index (χ3v) is 4.44. The average molecular weight is 354 g/mol. The number of carbonyl (C=O) groups is 1. The van der Waals surface area contributed by atoms with E-state index in [1.165, 1.54) is 7.11 Å². The van der Waals surface area contributed by atoms with Crippen molar-refractivity contribution in [2.45, 2.75) is 0 Å². The first-order chi connectivity index (χ1) is 13.2. The predicted octanol–water partition coefficient (Wildman–Crippen LogP) is 6.06. The lowest BCUT2D eigenvalue weighted by Gasteiger charge is -2.03. The van der Waals surface area contributed by atoms with Gasteiger partial charge in [-0.05, 0) is 35.4 Å². The molecule has 27 heavy (non-hydrogen) atoms. The van der Waals surface area contributed by atoms with Gasteiger partial charge in [-0.3, -0.25) is 0 Å². The second-order valence-corrected chi connectivity index (χ2v) is 6.18. The van der Waals surface area contributed by atoms with E-state index in [1.54, 1.807) is 12.1 Å². The van der Waals surface area contributed by atoms with Gasteiger partial charge in [0.1, 0.15) is 11.3 Å². The van der Waals surface area contributed by atoms with Gasteiger partial charge in [-0.2, -0.15) is 0 Å². The summed E-state index contributed by atoms with van der Waals surface area (Å²) in [5.74, 6) is 0.512. The Morgan fingerprint density at radius 1 is 0.889 bits per heavy atom. The maximum atomic E-state index is 11.5. The molecule has 0 atom stereocenters. The van der Waals surface area contributed by atoms with Crippen LogP contribution in [0.5, 0.6) is 0 Å². The molecule has 3 heteroatoms. The molecule has 4 rings (SSSR count). The molecule has 0 spiro atoms. The lowest BCUT2D eigenvalue weighted by Crippen LogP contribution is -2.00. The molecule has 3 aromatic carbocycles. The van der Waals surface area contributed by atoms with Crippen LogP contribution in [0.25, 0.3) is 34.4 Å². The van der Waals surface area contributed by atoms with Crippen molar-refractivity contribution in [2.24, 2.45) is 0 Å². The minimum Gasteiger partial charge on any atom is -0.465 e. The minimum absolute atomic E-state index is 0.333. The van der Waals surface area contributed by atoms with Crippen LogP contribution in [-0.2, 0) is 4.74 Å². The summed E-state index contributed by atoms with van der Waals surface area (Å²) >= 11 is 0. The van der Waals surface area contributed by atoms with Crippen molar-refractivity contribution in [1.29, 1.82) is 0 Å². The molecule has 1 heterocycles. The molecule has 0 aliphatic heterocycles. The quantitative estimate of drug-likeness (QED) is 0.330. The second-order valence-electron chi connectivity index (χ2n) is 6.18. The Morgan fingerprint density at radius 3 is 2.41 bits per heavy atom. The number of methoxy groups -OCH3 is 1. The van der Waals surface area contributed by atoms with Gasteiger partial charge in [0.2, 0.25) is 0 Å². The summed E-state index contributed by atoms with van der Waals surface area (Å²) in [7, 11) is 1.38. The molecule has 0 amide bonds. The van der Waals surface area contributed by atoms with Crippen molar-refractivity contribution < 1.29 is 13.9 Å². The van der Waals surface area contributed by atoms with Crippen LogP contribution in [0.1, 0.15) is 21.5 Å². The number of ether oxygens (including phenoxy) is 1. The number of esters is 1. The zero-order chi connectivity index (χ0) is 18.6. The molecule has 0 fully saturated rings. The number of para-hydroxylation sites is 1. The highest BCUT2D eigenvalue weighted by Gasteiger charge is 2.09. The average Bonchev–Trinajstić information content (AvgIpc) is 3.16. The zero-order valence-electron chi connectivity index (χ0n) is 14.9. The van der Waals surface area contributed by atoms with E-state index in [0.717, 1.165) is 33.4 Å². The van der Waals surface area contributed by atoms with Crippen molar-refractivity contribution in [2.75, 3.05) is 7.11 Å². The fraction of sp³-hybridized carbons (Fsp3) is 0.0417. The van der Waals surface area contributed by atoms with Crippen LogP contribution >= 0.6 is 0 Å². The summed E-state index contributed by atoms with van der Waals surface area (Å²) in [4.78, 5) is 11.5. The summed E-state index contributed by atoms with van der Waals surface area (Å²) in [6.45, 7) is 0. The molecular weight excluding hydrogens is 336 g/mol. The Hall–Kier alpha value is -3.59. The van der Waals surface area contributed by atoms with E-state index in [9.17, 15) is 4.79 Å². The third kappa shape index (κ3) is 3.53. The fourth-order valence-electron chi connectivity index (χ4n) is 3.02. The summed E-state index contributed by atoms with van der Waals surface area (Å²) in [5, 5.41) is 1.09. The minimum atomic E-state index is -0.333. The largest absolute Gasteiger partial charge is 0.465 e. The van der Waals surface area contributed by atoms with Gasteiger partial charge >= 0.3 is 5.97 Å². The van der Waals surface area contributed by atoms with Gasteiger partial charge < -0.3 is 9.15 Å². The first kappa shape index (κ1) is 16.9. The van der Waals surface area contributed by atoms with E-state index < -0.39 is 0 Å². The zero-order valence-corrected chi connectivity index (χ0v) is 14.9. The number of furan rings is 1. The third-order valence-electron chi connectivity index (χ3n) is 4.44. The van der Waals surface area contributed by atoms with Gasteiger partial charge in [-0.1, -0.05) is 66.7 Å². The van der Waals surface area contributed by atoms with Crippen LogP contribution in [-0.4, -0.2) is 13.1 Å². The topological polar surface area (TPSA) is 39.4 Å². The number of rotatable bonds is 4. The van der Waals surface area contributed by atoms with Gasteiger partial charge in [-0.25, -0.2) is 4.79 Å². The lowest BCUT2D eigenvalue weighted by molar-refractivity contribution is 0.0600. The Morgan fingerprint density at radius 2 is 1.63 bits per heavy atom. The molecule has 0 radical (unpaired) electrons. The molecule has 3 nitrogen and oxygen atoms in total. The standard InChI is InChI=1S/C24H18O3/c1-26-24(25)19-14-11-17(12-15-19)10-13-18-6-2-4-8-21(18)23-16-20-7-3-5-9-22(20)27-23/h2-16H,1H3. The van der Waals surface area contributed by atoms with E-state index >= 15 is 0 Å². The summed E-state index contributed by atoms with van der Waals surface area (Å²) in [5.41, 5.74) is 4.52. The van der Waals surface area contributed by atoms with Crippen molar-refractivity contribution in [3.8, 4) is 11.3 Å². The van der Waals surface area contributed by atoms with Gasteiger partial charge in [-0.15, -0.1) is 0 Å². The number of fused-ring (bicyclic) bond motifs is 1. The van der Waals surface area contributed by atoms with Crippen LogP contribution < -0.4 is 0 Å². The molecule has 0 N–H and O–H groups in total. The molecule has 0 aliphatic carbocycles. The molecule has 0 saturated carbocycles. The van der Waals surface area contributed by atoms with E-state index in [1.807, 2.05) is 54.6 Å². The molecule has 132 valence electrons. The normalized spacial score (nSPS) is 11.1. The van der Waals surface area contributed by atoms with Crippen LogP contribution in [0.2, 0.25) is 0 Å². The number of benzene rings is 3. The van der Waals surface area contributed by atoms with E-state index in [2.05, 4.69) is 24.3 Å². The molecule has 4 aromatic rings. The molecule has 0 unspecified atom stereocenters. The van der Waals surface area contributed by atoms with Crippen LogP contribution in [0.4, 0.5) is 0 Å². The lowest BCUT2D eigenvalue weighted by atomic mass is 10.0. The number of hydrogen-bond acceptors (Lipinski definition) is 3. The first-order valence-electron chi connectivity index (χ1n) is 8.69. The summed E-state index contributed by atoms with van der Waals surface area (Å²) in [6, 6.07) is 25.5. The van der Waals surface area contributed by atoms with Gasteiger partial charge in [0.25, 0.3) is 0 Å². The van der Waals surface area contributed by atoms with E-state index in [4.69, 9.17) is 9.15 Å². The van der Waals surface area contributed by atoms with Crippen molar-refractivity contribution in [1.82, 2.24) is 0 Å². The monoisotopic (exact) mass is 354 g/mol. The van der Waals surface area contributed by atoms with Gasteiger partial charge in [0.15, 0.2) is 0 Å².